The first-order chi connectivity index (χ1) is 15.5. The summed E-state index contributed by atoms with van der Waals surface area (Å²) in [6, 6.07) is 20.4. The second-order valence-electron chi connectivity index (χ2n) is 7.81. The Labute approximate surface area is 197 Å². The van der Waals surface area contributed by atoms with Crippen LogP contribution in [-0.2, 0) is 17.8 Å². The molecule has 4 rings (SSSR count). The third-order valence-electron chi connectivity index (χ3n) is 5.35. The van der Waals surface area contributed by atoms with Gasteiger partial charge in [-0.15, -0.1) is 11.3 Å². The Bertz CT molecular complexity index is 1220. The van der Waals surface area contributed by atoms with Crippen LogP contribution in [-0.4, -0.2) is 20.7 Å². The van der Waals surface area contributed by atoms with Crippen LogP contribution >= 0.6 is 23.6 Å². The van der Waals surface area contributed by atoms with Gasteiger partial charge in [-0.25, -0.2) is 0 Å². The minimum absolute atomic E-state index is 0.0916. The molecule has 0 spiro atoms. The largest absolute Gasteiger partial charge is 0.343 e. The van der Waals surface area contributed by atoms with Crippen LogP contribution in [0.3, 0.4) is 0 Å². The minimum Gasteiger partial charge on any atom is -0.343 e. The lowest BCUT2D eigenvalue weighted by Crippen LogP contribution is -2.32. The summed E-state index contributed by atoms with van der Waals surface area (Å²) in [5, 5.41) is 12.4. The third kappa shape index (κ3) is 5.06. The van der Waals surface area contributed by atoms with Gasteiger partial charge in [0.25, 0.3) is 0 Å². The van der Waals surface area contributed by atoms with Crippen molar-refractivity contribution in [2.24, 2.45) is 0 Å². The summed E-state index contributed by atoms with van der Waals surface area (Å²) < 4.78 is 2.16. The number of benzene rings is 2. The van der Waals surface area contributed by atoms with Crippen molar-refractivity contribution in [3.05, 3.63) is 92.4 Å². The summed E-state index contributed by atoms with van der Waals surface area (Å²) in [6.07, 6.45) is 2.16. The zero-order valence-electron chi connectivity index (χ0n) is 18.2. The number of hydrogen-bond donors (Lipinski definition) is 2. The van der Waals surface area contributed by atoms with Crippen LogP contribution in [0.25, 0.3) is 11.4 Å². The highest BCUT2D eigenvalue weighted by Crippen LogP contribution is 2.27. The normalized spacial score (nSPS) is 11.9. The number of H-pyrrole nitrogens is 1. The van der Waals surface area contributed by atoms with E-state index in [4.69, 9.17) is 12.2 Å². The zero-order valence-corrected chi connectivity index (χ0v) is 19.8. The van der Waals surface area contributed by atoms with Crippen LogP contribution in [0.2, 0.25) is 0 Å². The van der Waals surface area contributed by atoms with Crippen molar-refractivity contribution < 1.29 is 4.79 Å². The Kier molecular flexibility index (Phi) is 6.97. The first-order valence-corrected chi connectivity index (χ1v) is 12.0. The Morgan fingerprint density at radius 1 is 1.16 bits per heavy atom. The van der Waals surface area contributed by atoms with Gasteiger partial charge in [-0.05, 0) is 48.1 Å². The molecule has 0 bridgehead atoms. The van der Waals surface area contributed by atoms with Gasteiger partial charge >= 0.3 is 0 Å². The van der Waals surface area contributed by atoms with E-state index in [-0.39, 0.29) is 18.5 Å². The predicted octanol–water partition coefficient (Wildman–Crippen LogP) is 5.84. The number of rotatable bonds is 8. The molecule has 2 N–H and O–H groups in total. The molecule has 2 heterocycles. The highest BCUT2D eigenvalue weighted by molar-refractivity contribution is 7.71. The molecule has 0 saturated carbocycles. The number of aromatic amines is 1. The molecular formula is C25H26N4OS2. The lowest BCUT2D eigenvalue weighted by Gasteiger charge is -2.19. The summed E-state index contributed by atoms with van der Waals surface area (Å²) in [5.41, 5.74) is 4.45. The van der Waals surface area contributed by atoms with E-state index in [2.05, 4.69) is 52.8 Å². The Hall–Kier alpha value is -3.03. The Balaban J connectivity index is 1.57. The minimum atomic E-state index is -0.206. The fraction of sp³-hybridized carbons (Fsp3) is 0.240. The van der Waals surface area contributed by atoms with Gasteiger partial charge in [0.1, 0.15) is 6.54 Å². The van der Waals surface area contributed by atoms with E-state index in [1.54, 1.807) is 15.9 Å². The number of aromatic nitrogens is 3. The molecule has 7 heteroatoms. The monoisotopic (exact) mass is 462 g/mol. The Morgan fingerprint density at radius 3 is 2.56 bits per heavy atom. The molecule has 4 aromatic rings. The van der Waals surface area contributed by atoms with E-state index in [1.807, 2.05) is 42.6 Å². The summed E-state index contributed by atoms with van der Waals surface area (Å²) in [6.45, 7) is 4.30. The number of nitrogens with zero attached hydrogens (tertiary/aromatic N) is 2. The van der Waals surface area contributed by atoms with E-state index in [0.717, 1.165) is 34.4 Å². The second-order valence-corrected chi connectivity index (χ2v) is 9.18. The van der Waals surface area contributed by atoms with Crippen molar-refractivity contribution in [2.45, 2.75) is 39.3 Å². The molecule has 5 nitrogen and oxygen atoms in total. The lowest BCUT2D eigenvalue weighted by molar-refractivity contribution is -0.122. The van der Waals surface area contributed by atoms with Gasteiger partial charge in [0, 0.05) is 10.4 Å². The molecule has 0 fully saturated rings. The maximum atomic E-state index is 13.1. The van der Waals surface area contributed by atoms with Crippen molar-refractivity contribution in [1.29, 1.82) is 0 Å². The third-order valence-corrected chi connectivity index (χ3v) is 6.60. The molecule has 2 aromatic heterocycles. The van der Waals surface area contributed by atoms with Gasteiger partial charge in [0.05, 0.1) is 6.04 Å². The van der Waals surface area contributed by atoms with Gasteiger partial charge < -0.3 is 5.32 Å². The predicted molar refractivity (Wildman–Crippen MR) is 132 cm³/mol. The summed E-state index contributed by atoms with van der Waals surface area (Å²) in [5.74, 6) is 0.536. The number of nitrogens with one attached hydrogen (secondary N) is 2. The summed E-state index contributed by atoms with van der Waals surface area (Å²) >= 11 is 7.04. The van der Waals surface area contributed by atoms with Gasteiger partial charge in [0.2, 0.25) is 5.91 Å². The summed E-state index contributed by atoms with van der Waals surface area (Å²) in [4.78, 5) is 14.2. The molecule has 0 aliphatic carbocycles. The summed E-state index contributed by atoms with van der Waals surface area (Å²) in [7, 11) is 0. The van der Waals surface area contributed by atoms with Crippen molar-refractivity contribution in [3.8, 4) is 11.4 Å². The zero-order chi connectivity index (χ0) is 22.5. The molecular weight excluding hydrogens is 436 g/mol. The van der Waals surface area contributed by atoms with Crippen molar-refractivity contribution in [2.75, 3.05) is 0 Å². The van der Waals surface area contributed by atoms with E-state index in [9.17, 15) is 4.79 Å². The topological polar surface area (TPSA) is 62.7 Å². The van der Waals surface area contributed by atoms with E-state index in [1.165, 1.54) is 5.56 Å². The number of thiophene rings is 1. The lowest BCUT2D eigenvalue weighted by atomic mass is 10.0. The van der Waals surface area contributed by atoms with E-state index < -0.39 is 0 Å². The van der Waals surface area contributed by atoms with Crippen molar-refractivity contribution in [1.82, 2.24) is 20.1 Å². The number of hydrogen-bond acceptors (Lipinski definition) is 4. The van der Waals surface area contributed by atoms with Crippen LogP contribution in [0, 0.1) is 11.7 Å². The number of carbonyl (C=O) groups excluding carboxylic acids is 1. The van der Waals surface area contributed by atoms with Crippen molar-refractivity contribution >= 4 is 29.5 Å². The van der Waals surface area contributed by atoms with Crippen LogP contribution < -0.4 is 5.32 Å². The molecule has 0 aliphatic rings. The molecule has 0 saturated heterocycles. The molecule has 2 aromatic carbocycles. The SMILES string of the molecule is CCCc1ccc(C(NC(=O)Cn2c(-c3ccc(C)cc3)n[nH]c2=S)c2cccs2)cc1. The first-order valence-electron chi connectivity index (χ1n) is 10.7. The molecule has 1 atom stereocenters. The highest BCUT2D eigenvalue weighted by atomic mass is 32.1. The quantitative estimate of drug-likeness (QED) is 0.324. The standard InChI is InChI=1S/C25H26N4OS2/c1-3-5-18-9-13-19(14-10-18)23(21-6-4-15-32-21)26-22(30)16-29-24(27-28-25(29)31)20-11-7-17(2)8-12-20/h4,6-15,23H,3,5,16H2,1-2H3,(H,26,30)(H,28,31). The second kappa shape index (κ2) is 10.1. The average Bonchev–Trinajstić information content (AvgIpc) is 3.45. The van der Waals surface area contributed by atoms with Gasteiger partial charge in [-0.2, -0.15) is 5.10 Å². The molecule has 1 amide bonds. The molecule has 164 valence electrons. The maximum absolute atomic E-state index is 13.1. The molecule has 0 radical (unpaired) electrons. The number of amides is 1. The smallest absolute Gasteiger partial charge is 0.240 e. The molecule has 0 aliphatic heterocycles. The van der Waals surface area contributed by atoms with Gasteiger partial charge in [-0.1, -0.05) is 73.5 Å². The fourth-order valence-electron chi connectivity index (χ4n) is 3.68. The number of carbonyl (C=O) groups is 1. The van der Waals surface area contributed by atoms with Crippen molar-refractivity contribution in [3.63, 3.8) is 0 Å². The molecule has 32 heavy (non-hydrogen) atoms. The maximum Gasteiger partial charge on any atom is 0.240 e. The first kappa shape index (κ1) is 22.2. The van der Waals surface area contributed by atoms with Crippen LogP contribution in [0.1, 0.15) is 41.0 Å². The Morgan fingerprint density at radius 2 is 1.91 bits per heavy atom. The highest BCUT2D eigenvalue weighted by Gasteiger charge is 2.20. The van der Waals surface area contributed by atoms with Crippen LogP contribution in [0.4, 0.5) is 0 Å². The average molecular weight is 463 g/mol. The molecule has 1 unspecified atom stereocenters. The van der Waals surface area contributed by atoms with Crippen LogP contribution in [0.5, 0.6) is 0 Å². The van der Waals surface area contributed by atoms with Gasteiger partial charge in [0.15, 0.2) is 10.6 Å². The fourth-order valence-corrected chi connectivity index (χ4v) is 4.68. The van der Waals surface area contributed by atoms with Gasteiger partial charge in [-0.3, -0.25) is 14.5 Å². The van der Waals surface area contributed by atoms with E-state index in [0.29, 0.717) is 10.6 Å². The number of aryl methyl sites for hydroxylation is 2. The van der Waals surface area contributed by atoms with Crippen LogP contribution in [0.15, 0.2) is 66.0 Å². The van der Waals surface area contributed by atoms with E-state index >= 15 is 0 Å².